The molecule has 0 spiro atoms. The van der Waals surface area contributed by atoms with Gasteiger partial charge in [0.05, 0.1) is 5.69 Å². The minimum atomic E-state index is 0.535. The molecule has 2 N–H and O–H groups in total. The van der Waals surface area contributed by atoms with Crippen LogP contribution in [0.15, 0.2) is 6.33 Å². The largest absolute Gasteiger partial charge is 0.391 e. The number of aryl methyl sites for hydroxylation is 1. The van der Waals surface area contributed by atoms with Gasteiger partial charge in [-0.25, -0.2) is 4.98 Å². The van der Waals surface area contributed by atoms with Gasteiger partial charge in [-0.15, -0.1) is 0 Å². The standard InChI is InChI=1S/C7H9N3O/c8-11-7-5-2-1-3-6(5)9-4-10-7/h4H,1-3,8H2. The molecule has 0 amide bonds. The van der Waals surface area contributed by atoms with Crippen LogP contribution in [0.25, 0.3) is 0 Å². The fourth-order valence-corrected chi connectivity index (χ4v) is 1.43. The molecule has 4 heteroatoms. The lowest BCUT2D eigenvalue weighted by Crippen LogP contribution is -2.07. The second kappa shape index (κ2) is 2.47. The van der Waals surface area contributed by atoms with Gasteiger partial charge < -0.3 is 4.84 Å². The average molecular weight is 151 g/mol. The molecule has 0 atom stereocenters. The quantitative estimate of drug-likeness (QED) is 0.583. The number of nitrogens with two attached hydrogens (primary N) is 1. The monoisotopic (exact) mass is 151 g/mol. The van der Waals surface area contributed by atoms with E-state index in [4.69, 9.17) is 5.90 Å². The highest BCUT2D eigenvalue weighted by molar-refractivity contribution is 5.32. The van der Waals surface area contributed by atoms with Crippen molar-refractivity contribution in [2.24, 2.45) is 5.90 Å². The van der Waals surface area contributed by atoms with E-state index in [9.17, 15) is 0 Å². The molecular formula is C7H9N3O. The van der Waals surface area contributed by atoms with Crippen molar-refractivity contribution in [2.45, 2.75) is 19.3 Å². The van der Waals surface area contributed by atoms with Gasteiger partial charge in [-0.3, -0.25) is 0 Å². The molecule has 1 aromatic heterocycles. The van der Waals surface area contributed by atoms with Gasteiger partial charge in [0.15, 0.2) is 0 Å². The molecule has 0 saturated carbocycles. The average Bonchev–Trinajstić information content (AvgIpc) is 2.50. The van der Waals surface area contributed by atoms with Crippen LogP contribution in [0.3, 0.4) is 0 Å². The van der Waals surface area contributed by atoms with E-state index in [1.807, 2.05) is 0 Å². The summed E-state index contributed by atoms with van der Waals surface area (Å²) in [6, 6.07) is 0. The van der Waals surface area contributed by atoms with Crippen molar-refractivity contribution in [3.8, 4) is 5.88 Å². The highest BCUT2D eigenvalue weighted by atomic mass is 16.6. The predicted molar refractivity (Wildman–Crippen MR) is 38.9 cm³/mol. The third-order valence-corrected chi connectivity index (χ3v) is 1.95. The SMILES string of the molecule is NOc1ncnc2c1CCC2. The summed E-state index contributed by atoms with van der Waals surface area (Å²) in [5.74, 6) is 5.57. The van der Waals surface area contributed by atoms with E-state index < -0.39 is 0 Å². The Balaban J connectivity index is 2.50. The maximum absolute atomic E-state index is 5.03. The fraction of sp³-hybridized carbons (Fsp3) is 0.429. The molecule has 1 aliphatic rings. The van der Waals surface area contributed by atoms with E-state index in [2.05, 4.69) is 14.8 Å². The maximum Gasteiger partial charge on any atom is 0.243 e. The molecule has 2 rings (SSSR count). The zero-order valence-electron chi connectivity index (χ0n) is 6.08. The first-order chi connectivity index (χ1) is 5.42. The van der Waals surface area contributed by atoms with Crippen molar-refractivity contribution in [2.75, 3.05) is 0 Å². The Kier molecular flexibility index (Phi) is 1.47. The third-order valence-electron chi connectivity index (χ3n) is 1.95. The summed E-state index contributed by atoms with van der Waals surface area (Å²) in [6.07, 6.45) is 4.63. The van der Waals surface area contributed by atoms with E-state index in [0.717, 1.165) is 30.5 Å². The number of hydrogen-bond donors (Lipinski definition) is 1. The van der Waals surface area contributed by atoms with Crippen molar-refractivity contribution < 1.29 is 4.84 Å². The number of hydrogen-bond acceptors (Lipinski definition) is 4. The molecule has 0 aliphatic heterocycles. The van der Waals surface area contributed by atoms with Gasteiger partial charge in [0, 0.05) is 5.56 Å². The van der Waals surface area contributed by atoms with E-state index in [-0.39, 0.29) is 0 Å². The molecule has 4 nitrogen and oxygen atoms in total. The van der Waals surface area contributed by atoms with Gasteiger partial charge >= 0.3 is 0 Å². The molecule has 0 radical (unpaired) electrons. The molecule has 0 fully saturated rings. The van der Waals surface area contributed by atoms with Crippen LogP contribution >= 0.6 is 0 Å². The topological polar surface area (TPSA) is 61.0 Å². The number of nitrogens with zero attached hydrogens (tertiary/aromatic N) is 2. The Labute approximate surface area is 64.4 Å². The molecule has 11 heavy (non-hydrogen) atoms. The summed E-state index contributed by atoms with van der Waals surface area (Å²) in [6.45, 7) is 0. The predicted octanol–water partition coefficient (Wildman–Crippen LogP) is 0.218. The van der Waals surface area contributed by atoms with Gasteiger partial charge in [0.25, 0.3) is 0 Å². The molecule has 1 aromatic rings. The summed E-state index contributed by atoms with van der Waals surface area (Å²) in [5.41, 5.74) is 2.16. The third kappa shape index (κ3) is 0.952. The van der Waals surface area contributed by atoms with Gasteiger partial charge in [-0.05, 0) is 19.3 Å². The zero-order valence-corrected chi connectivity index (χ0v) is 6.08. The molecule has 1 heterocycles. The van der Waals surface area contributed by atoms with Crippen LogP contribution < -0.4 is 10.7 Å². The molecule has 1 aliphatic carbocycles. The first-order valence-corrected chi connectivity index (χ1v) is 3.61. The van der Waals surface area contributed by atoms with Crippen LogP contribution in [0, 0.1) is 0 Å². The fourth-order valence-electron chi connectivity index (χ4n) is 1.43. The lowest BCUT2D eigenvalue weighted by atomic mass is 10.2. The lowest BCUT2D eigenvalue weighted by molar-refractivity contribution is 0.316. The van der Waals surface area contributed by atoms with Crippen LogP contribution in [-0.4, -0.2) is 9.97 Å². The normalized spacial score (nSPS) is 14.6. The molecule has 0 unspecified atom stereocenters. The lowest BCUT2D eigenvalue weighted by Gasteiger charge is -2.01. The van der Waals surface area contributed by atoms with Gasteiger partial charge in [0.1, 0.15) is 6.33 Å². The van der Waals surface area contributed by atoms with Gasteiger partial charge in [0.2, 0.25) is 5.88 Å². The molecule has 58 valence electrons. The smallest absolute Gasteiger partial charge is 0.243 e. The Hall–Kier alpha value is -1.16. The Morgan fingerprint density at radius 2 is 2.27 bits per heavy atom. The van der Waals surface area contributed by atoms with Gasteiger partial charge in [-0.2, -0.15) is 10.9 Å². The molecule has 0 aromatic carbocycles. The van der Waals surface area contributed by atoms with Crippen LogP contribution in [0.5, 0.6) is 5.88 Å². The van der Waals surface area contributed by atoms with Crippen LogP contribution in [-0.2, 0) is 12.8 Å². The molecular weight excluding hydrogens is 142 g/mol. The summed E-state index contributed by atoms with van der Waals surface area (Å²) in [5, 5.41) is 0. The second-order valence-corrected chi connectivity index (χ2v) is 2.58. The first-order valence-electron chi connectivity index (χ1n) is 3.61. The Morgan fingerprint density at radius 3 is 3.09 bits per heavy atom. The highest BCUT2D eigenvalue weighted by Gasteiger charge is 2.17. The van der Waals surface area contributed by atoms with E-state index in [1.165, 1.54) is 6.33 Å². The van der Waals surface area contributed by atoms with Crippen molar-refractivity contribution in [3.05, 3.63) is 17.6 Å². The molecule has 0 saturated heterocycles. The summed E-state index contributed by atoms with van der Waals surface area (Å²) < 4.78 is 0. The van der Waals surface area contributed by atoms with E-state index in [1.54, 1.807) is 0 Å². The Morgan fingerprint density at radius 1 is 1.36 bits per heavy atom. The maximum atomic E-state index is 5.03. The highest BCUT2D eigenvalue weighted by Crippen LogP contribution is 2.25. The zero-order chi connectivity index (χ0) is 7.68. The van der Waals surface area contributed by atoms with Crippen molar-refractivity contribution in [1.29, 1.82) is 0 Å². The van der Waals surface area contributed by atoms with Crippen molar-refractivity contribution in [1.82, 2.24) is 9.97 Å². The number of rotatable bonds is 1. The minimum Gasteiger partial charge on any atom is -0.391 e. The van der Waals surface area contributed by atoms with Crippen molar-refractivity contribution in [3.63, 3.8) is 0 Å². The van der Waals surface area contributed by atoms with Crippen LogP contribution in [0.1, 0.15) is 17.7 Å². The number of aromatic nitrogens is 2. The summed E-state index contributed by atoms with van der Waals surface area (Å²) >= 11 is 0. The van der Waals surface area contributed by atoms with Crippen LogP contribution in [0.4, 0.5) is 0 Å². The molecule has 0 bridgehead atoms. The number of fused-ring (bicyclic) bond motifs is 1. The Bertz CT molecular complexity index is 274. The summed E-state index contributed by atoms with van der Waals surface area (Å²) in [4.78, 5) is 12.6. The van der Waals surface area contributed by atoms with E-state index >= 15 is 0 Å². The van der Waals surface area contributed by atoms with Crippen molar-refractivity contribution >= 4 is 0 Å². The second-order valence-electron chi connectivity index (χ2n) is 2.58. The van der Waals surface area contributed by atoms with Crippen LogP contribution in [0.2, 0.25) is 0 Å². The first kappa shape index (κ1) is 6.54. The minimum absolute atomic E-state index is 0.535. The van der Waals surface area contributed by atoms with E-state index in [0.29, 0.717) is 5.88 Å². The summed E-state index contributed by atoms with van der Waals surface area (Å²) in [7, 11) is 0. The van der Waals surface area contributed by atoms with Gasteiger partial charge in [-0.1, -0.05) is 0 Å².